The maximum absolute atomic E-state index is 14.3. The Balaban J connectivity index is 1.59. The maximum atomic E-state index is 14.3. The quantitative estimate of drug-likeness (QED) is 0.479. The molecule has 0 amide bonds. The van der Waals surface area contributed by atoms with Gasteiger partial charge in [0, 0.05) is 17.2 Å². The van der Waals surface area contributed by atoms with Gasteiger partial charge in [-0.05, 0) is 30.3 Å². The number of benzene rings is 2. The third-order valence-electron chi connectivity index (χ3n) is 4.04. The lowest BCUT2D eigenvalue weighted by molar-refractivity contribution is -0.347. The fraction of sp³-hybridized carbons (Fsp3) is 0.0500. The van der Waals surface area contributed by atoms with E-state index in [0.29, 0.717) is 21.9 Å². The van der Waals surface area contributed by atoms with Crippen molar-refractivity contribution in [2.45, 2.75) is 6.61 Å². The summed E-state index contributed by atoms with van der Waals surface area (Å²) in [6.45, 7) is 0.0900. The molecule has 4 aromatic rings. The van der Waals surface area contributed by atoms with Crippen molar-refractivity contribution >= 4 is 34.2 Å². The summed E-state index contributed by atoms with van der Waals surface area (Å²) in [7, 11) is 0. The molecule has 0 bridgehead atoms. The van der Waals surface area contributed by atoms with Crippen LogP contribution in [0, 0.1) is 17.1 Å². The SMILES string of the molecule is N#Cc1cc(Cl)cc(Oc2cc(F)c(Cl)c(OCc3[nH]nc4[nH+]cccc34)c2)c1. The Morgan fingerprint density at radius 1 is 1.17 bits per heavy atom. The normalized spacial score (nSPS) is 10.7. The van der Waals surface area contributed by atoms with Crippen LogP contribution in [0.2, 0.25) is 10.0 Å². The second-order valence-corrected chi connectivity index (χ2v) is 6.84. The van der Waals surface area contributed by atoms with Crippen LogP contribution in [-0.4, -0.2) is 10.2 Å². The summed E-state index contributed by atoms with van der Waals surface area (Å²) in [4.78, 5) is 3.00. The molecule has 4 rings (SSSR count). The summed E-state index contributed by atoms with van der Waals surface area (Å²) in [5.41, 5.74) is 1.70. The van der Waals surface area contributed by atoms with E-state index >= 15 is 0 Å². The molecule has 2 aromatic heterocycles. The predicted molar refractivity (Wildman–Crippen MR) is 105 cm³/mol. The number of hydrogen-bond acceptors (Lipinski definition) is 4. The Bertz CT molecular complexity index is 1250. The van der Waals surface area contributed by atoms with Gasteiger partial charge in [-0.1, -0.05) is 23.2 Å². The van der Waals surface area contributed by atoms with Crippen LogP contribution >= 0.6 is 23.2 Å². The molecule has 0 aliphatic carbocycles. The van der Waals surface area contributed by atoms with Gasteiger partial charge in [0.25, 0.3) is 0 Å². The molecule has 29 heavy (non-hydrogen) atoms. The zero-order valence-electron chi connectivity index (χ0n) is 14.7. The molecule has 0 fully saturated rings. The van der Waals surface area contributed by atoms with Gasteiger partial charge in [-0.15, -0.1) is 0 Å². The monoisotopic (exact) mass is 429 g/mol. The van der Waals surface area contributed by atoms with Crippen LogP contribution in [-0.2, 0) is 6.61 Å². The zero-order valence-corrected chi connectivity index (χ0v) is 16.2. The fourth-order valence-electron chi connectivity index (χ4n) is 2.73. The topological polar surface area (TPSA) is 85.1 Å². The van der Waals surface area contributed by atoms with E-state index in [2.05, 4.69) is 15.2 Å². The number of nitrogens with one attached hydrogen (secondary N) is 2. The van der Waals surface area contributed by atoms with Crippen molar-refractivity contribution in [2.75, 3.05) is 0 Å². The molecule has 0 aliphatic rings. The highest BCUT2D eigenvalue weighted by Gasteiger charge is 2.16. The minimum Gasteiger partial charge on any atom is -0.485 e. The van der Waals surface area contributed by atoms with E-state index < -0.39 is 5.82 Å². The van der Waals surface area contributed by atoms with Crippen molar-refractivity contribution in [3.63, 3.8) is 0 Å². The van der Waals surface area contributed by atoms with E-state index in [4.69, 9.17) is 37.9 Å². The van der Waals surface area contributed by atoms with Crippen LogP contribution in [0.5, 0.6) is 17.2 Å². The van der Waals surface area contributed by atoms with Crippen LogP contribution in [0.1, 0.15) is 11.3 Å². The van der Waals surface area contributed by atoms with E-state index in [9.17, 15) is 4.39 Å². The van der Waals surface area contributed by atoms with Gasteiger partial charge in [0.15, 0.2) is 0 Å². The van der Waals surface area contributed by atoms with Gasteiger partial charge in [-0.2, -0.15) is 10.4 Å². The van der Waals surface area contributed by atoms with Gasteiger partial charge < -0.3 is 9.47 Å². The van der Waals surface area contributed by atoms with Gasteiger partial charge in [0.1, 0.15) is 40.4 Å². The molecule has 0 aliphatic heterocycles. The van der Waals surface area contributed by atoms with Crippen molar-refractivity contribution in [1.29, 1.82) is 5.26 Å². The molecule has 0 saturated carbocycles. The number of ether oxygens (including phenoxy) is 2. The number of rotatable bonds is 5. The first kappa shape index (κ1) is 19.0. The molecule has 0 radical (unpaired) electrons. The second kappa shape index (κ2) is 7.95. The summed E-state index contributed by atoms with van der Waals surface area (Å²) >= 11 is 12.0. The van der Waals surface area contributed by atoms with Crippen LogP contribution < -0.4 is 14.5 Å². The smallest absolute Gasteiger partial charge is 0.355 e. The number of aromatic nitrogens is 3. The average molecular weight is 430 g/mol. The molecule has 0 atom stereocenters. The standard InChI is InChI=1S/C20H11Cl2FN4O2/c21-12-4-11(9-24)5-13(6-12)29-14-7-16(23)19(22)18(8-14)28-10-17-15-2-1-3-25-20(15)27-26-17/h1-8H,10H2,(H,25,26,27)/p+1. The van der Waals surface area contributed by atoms with Gasteiger partial charge >= 0.3 is 5.65 Å². The number of fused-ring (bicyclic) bond motifs is 1. The van der Waals surface area contributed by atoms with Gasteiger partial charge in [0.05, 0.1) is 28.3 Å². The Morgan fingerprint density at radius 2 is 2.00 bits per heavy atom. The highest BCUT2D eigenvalue weighted by Crippen LogP contribution is 2.35. The summed E-state index contributed by atoms with van der Waals surface area (Å²) in [6.07, 6.45) is 1.76. The molecular formula is C20H12Cl2FN4O2+. The number of H-pyrrole nitrogens is 2. The predicted octanol–water partition coefficient (Wildman–Crippen LogP) is 5.07. The molecule has 0 spiro atoms. The number of nitriles is 1. The molecule has 0 unspecified atom stereocenters. The molecule has 2 N–H and O–H groups in total. The molecular weight excluding hydrogens is 418 g/mol. The van der Waals surface area contributed by atoms with Gasteiger partial charge in [0.2, 0.25) is 0 Å². The van der Waals surface area contributed by atoms with E-state index in [1.807, 2.05) is 18.2 Å². The van der Waals surface area contributed by atoms with Crippen LogP contribution in [0.4, 0.5) is 4.39 Å². The molecule has 9 heteroatoms. The number of pyridine rings is 1. The highest BCUT2D eigenvalue weighted by molar-refractivity contribution is 6.32. The third-order valence-corrected chi connectivity index (χ3v) is 4.62. The maximum Gasteiger partial charge on any atom is 0.355 e. The summed E-state index contributed by atoms with van der Waals surface area (Å²) < 4.78 is 25.6. The van der Waals surface area contributed by atoms with Crippen molar-refractivity contribution < 1.29 is 18.8 Å². The largest absolute Gasteiger partial charge is 0.485 e. The van der Waals surface area contributed by atoms with Gasteiger partial charge in [-0.25, -0.2) is 9.37 Å². The van der Waals surface area contributed by atoms with E-state index in [1.54, 1.807) is 6.20 Å². The lowest BCUT2D eigenvalue weighted by Gasteiger charge is -2.12. The third kappa shape index (κ3) is 4.09. The minimum atomic E-state index is -0.704. The van der Waals surface area contributed by atoms with Crippen LogP contribution in [0.15, 0.2) is 48.7 Å². The van der Waals surface area contributed by atoms with E-state index in [0.717, 1.165) is 11.5 Å². The summed E-state index contributed by atoms with van der Waals surface area (Å²) in [5.74, 6) is -0.163. The Kier molecular flexibility index (Phi) is 5.21. The van der Waals surface area contributed by atoms with Gasteiger partial charge in [-0.3, -0.25) is 0 Å². The van der Waals surface area contributed by atoms with Crippen molar-refractivity contribution in [1.82, 2.24) is 10.2 Å². The average Bonchev–Trinajstić information content (AvgIpc) is 3.12. The first-order valence-electron chi connectivity index (χ1n) is 8.37. The number of nitrogens with zero attached hydrogens (tertiary/aromatic N) is 2. The molecule has 2 heterocycles. The number of halogens is 3. The Labute approximate surface area is 174 Å². The number of hydrogen-bond donors (Lipinski definition) is 1. The molecule has 144 valence electrons. The first-order valence-corrected chi connectivity index (χ1v) is 9.13. The van der Waals surface area contributed by atoms with Crippen molar-refractivity contribution in [3.8, 4) is 23.3 Å². The second-order valence-electron chi connectivity index (χ2n) is 6.03. The molecule has 2 aromatic carbocycles. The first-order chi connectivity index (χ1) is 14.0. The Hall–Kier alpha value is -3.34. The minimum absolute atomic E-state index is 0.0900. The lowest BCUT2D eigenvalue weighted by Crippen LogP contribution is -2.01. The fourth-order valence-corrected chi connectivity index (χ4v) is 3.12. The zero-order chi connectivity index (χ0) is 20.4. The number of aromatic amines is 2. The van der Waals surface area contributed by atoms with E-state index in [1.165, 1.54) is 24.3 Å². The van der Waals surface area contributed by atoms with Crippen LogP contribution in [0.3, 0.4) is 0 Å². The van der Waals surface area contributed by atoms with Crippen LogP contribution in [0.25, 0.3) is 11.0 Å². The van der Waals surface area contributed by atoms with Crippen molar-refractivity contribution in [2.24, 2.45) is 0 Å². The molecule has 6 nitrogen and oxygen atoms in total. The van der Waals surface area contributed by atoms with E-state index in [-0.39, 0.29) is 28.9 Å². The lowest BCUT2D eigenvalue weighted by atomic mass is 10.2. The Morgan fingerprint density at radius 3 is 2.83 bits per heavy atom. The molecule has 0 saturated heterocycles. The summed E-state index contributed by atoms with van der Waals surface area (Å²) in [6, 6.07) is 12.8. The highest BCUT2D eigenvalue weighted by atomic mass is 35.5. The van der Waals surface area contributed by atoms with Crippen molar-refractivity contribution in [3.05, 3.63) is 75.8 Å². The summed E-state index contributed by atoms with van der Waals surface area (Å²) in [5, 5.41) is 17.1.